The fourth-order valence-corrected chi connectivity index (χ4v) is 2.55. The van der Waals surface area contributed by atoms with Gasteiger partial charge < -0.3 is 15.4 Å². The minimum absolute atomic E-state index is 0.228. The van der Waals surface area contributed by atoms with E-state index in [9.17, 15) is 4.79 Å². The van der Waals surface area contributed by atoms with E-state index in [1.807, 2.05) is 54.6 Å². The van der Waals surface area contributed by atoms with Crippen LogP contribution in [-0.2, 0) is 4.79 Å². The maximum absolute atomic E-state index is 12.3. The van der Waals surface area contributed by atoms with E-state index in [2.05, 4.69) is 10.6 Å². The Labute approximate surface area is 157 Å². The number of para-hydroxylation sites is 1. The maximum Gasteiger partial charge on any atom is 0.265 e. The first-order valence-electron chi connectivity index (χ1n) is 8.25. The van der Waals surface area contributed by atoms with Gasteiger partial charge in [0.2, 0.25) is 0 Å². The molecule has 0 bridgehead atoms. The van der Waals surface area contributed by atoms with Crippen molar-refractivity contribution in [1.82, 2.24) is 0 Å². The standard InChI is InChI=1S/C21H19ClN2O2/c1-15(26-20-9-5-6-16(22)14-20)21(25)24-19-12-10-18(11-13-19)23-17-7-3-2-4-8-17/h2-15,23H,1H3,(H,24,25)/t15-/m0/s1. The van der Waals surface area contributed by atoms with Gasteiger partial charge in [-0.05, 0) is 61.5 Å². The van der Waals surface area contributed by atoms with E-state index < -0.39 is 6.10 Å². The molecule has 26 heavy (non-hydrogen) atoms. The highest BCUT2D eigenvalue weighted by atomic mass is 35.5. The summed E-state index contributed by atoms with van der Waals surface area (Å²) in [6, 6.07) is 24.4. The van der Waals surface area contributed by atoms with Gasteiger partial charge in [-0.2, -0.15) is 0 Å². The Morgan fingerprint density at radius 2 is 1.54 bits per heavy atom. The highest BCUT2D eigenvalue weighted by Gasteiger charge is 2.15. The molecule has 0 saturated carbocycles. The van der Waals surface area contributed by atoms with Crippen LogP contribution in [0.1, 0.15) is 6.92 Å². The van der Waals surface area contributed by atoms with Gasteiger partial charge in [0.1, 0.15) is 5.75 Å². The summed E-state index contributed by atoms with van der Waals surface area (Å²) >= 11 is 5.92. The van der Waals surface area contributed by atoms with E-state index in [0.717, 1.165) is 11.4 Å². The fourth-order valence-electron chi connectivity index (χ4n) is 2.37. The van der Waals surface area contributed by atoms with Crippen LogP contribution in [0, 0.1) is 0 Å². The van der Waals surface area contributed by atoms with Gasteiger partial charge in [-0.15, -0.1) is 0 Å². The second kappa shape index (κ2) is 8.41. The molecule has 0 radical (unpaired) electrons. The lowest BCUT2D eigenvalue weighted by molar-refractivity contribution is -0.122. The molecule has 0 aliphatic heterocycles. The van der Waals surface area contributed by atoms with Gasteiger partial charge in [0.25, 0.3) is 5.91 Å². The summed E-state index contributed by atoms with van der Waals surface area (Å²) in [5, 5.41) is 6.70. The normalized spacial score (nSPS) is 11.5. The summed E-state index contributed by atoms with van der Waals surface area (Å²) in [7, 11) is 0. The minimum atomic E-state index is -0.643. The molecular weight excluding hydrogens is 348 g/mol. The van der Waals surface area contributed by atoms with Crippen LogP contribution in [0.2, 0.25) is 5.02 Å². The number of hydrogen-bond acceptors (Lipinski definition) is 3. The van der Waals surface area contributed by atoms with Crippen LogP contribution in [0.4, 0.5) is 17.1 Å². The Hall–Kier alpha value is -2.98. The van der Waals surface area contributed by atoms with Gasteiger partial charge in [0, 0.05) is 22.1 Å². The van der Waals surface area contributed by atoms with Gasteiger partial charge in [-0.3, -0.25) is 4.79 Å². The predicted octanol–water partition coefficient (Wildman–Crippen LogP) is 5.49. The highest BCUT2D eigenvalue weighted by Crippen LogP contribution is 2.20. The van der Waals surface area contributed by atoms with Crippen LogP contribution in [0.15, 0.2) is 78.9 Å². The van der Waals surface area contributed by atoms with E-state index in [0.29, 0.717) is 16.5 Å². The topological polar surface area (TPSA) is 50.4 Å². The van der Waals surface area contributed by atoms with Crippen molar-refractivity contribution >= 4 is 34.6 Å². The zero-order valence-corrected chi connectivity index (χ0v) is 15.0. The Morgan fingerprint density at radius 3 is 2.23 bits per heavy atom. The van der Waals surface area contributed by atoms with Crippen molar-refractivity contribution in [3.8, 4) is 5.75 Å². The molecule has 4 nitrogen and oxygen atoms in total. The lowest BCUT2D eigenvalue weighted by Crippen LogP contribution is -2.30. The molecule has 1 atom stereocenters. The Bertz CT molecular complexity index is 867. The summed E-state index contributed by atoms with van der Waals surface area (Å²) in [5.74, 6) is 0.330. The van der Waals surface area contributed by atoms with Gasteiger partial charge >= 0.3 is 0 Å². The Balaban J connectivity index is 1.57. The number of benzene rings is 3. The van der Waals surface area contributed by atoms with Crippen LogP contribution in [0.3, 0.4) is 0 Å². The molecule has 1 amide bonds. The first kappa shape index (κ1) is 17.8. The van der Waals surface area contributed by atoms with E-state index in [1.54, 1.807) is 31.2 Å². The Morgan fingerprint density at radius 1 is 0.885 bits per heavy atom. The van der Waals surface area contributed by atoms with Crippen molar-refractivity contribution in [2.75, 3.05) is 10.6 Å². The van der Waals surface area contributed by atoms with Crippen LogP contribution < -0.4 is 15.4 Å². The molecule has 0 aromatic heterocycles. The van der Waals surface area contributed by atoms with Crippen molar-refractivity contribution in [1.29, 1.82) is 0 Å². The summed E-state index contributed by atoms with van der Waals surface area (Å²) in [5.41, 5.74) is 2.65. The van der Waals surface area contributed by atoms with Crippen molar-refractivity contribution < 1.29 is 9.53 Å². The lowest BCUT2D eigenvalue weighted by Gasteiger charge is -2.15. The van der Waals surface area contributed by atoms with Crippen molar-refractivity contribution in [3.63, 3.8) is 0 Å². The average Bonchev–Trinajstić information content (AvgIpc) is 2.64. The summed E-state index contributed by atoms with van der Waals surface area (Å²) < 4.78 is 5.62. The average molecular weight is 367 g/mol. The van der Waals surface area contributed by atoms with E-state index in [-0.39, 0.29) is 5.91 Å². The number of nitrogens with one attached hydrogen (secondary N) is 2. The number of anilines is 3. The fraction of sp³-hybridized carbons (Fsp3) is 0.0952. The second-order valence-corrected chi connectivity index (χ2v) is 6.21. The lowest BCUT2D eigenvalue weighted by atomic mass is 10.2. The summed E-state index contributed by atoms with van der Waals surface area (Å²) in [4.78, 5) is 12.3. The van der Waals surface area contributed by atoms with Crippen molar-refractivity contribution in [3.05, 3.63) is 83.9 Å². The van der Waals surface area contributed by atoms with Crippen molar-refractivity contribution in [2.45, 2.75) is 13.0 Å². The molecule has 3 aromatic carbocycles. The quantitative estimate of drug-likeness (QED) is 0.606. The summed E-state index contributed by atoms with van der Waals surface area (Å²) in [6.45, 7) is 1.70. The Kier molecular flexibility index (Phi) is 5.77. The number of carbonyl (C=O) groups excluding carboxylic acids is 1. The first-order chi connectivity index (χ1) is 12.6. The molecule has 3 rings (SSSR count). The third kappa shape index (κ3) is 5.01. The van der Waals surface area contributed by atoms with Crippen LogP contribution in [0.5, 0.6) is 5.75 Å². The van der Waals surface area contributed by atoms with Crippen LogP contribution in [-0.4, -0.2) is 12.0 Å². The maximum atomic E-state index is 12.3. The molecule has 3 aromatic rings. The predicted molar refractivity (Wildman–Crippen MR) is 106 cm³/mol. The number of rotatable bonds is 6. The molecule has 0 spiro atoms. The van der Waals surface area contributed by atoms with E-state index in [1.165, 1.54) is 0 Å². The number of amides is 1. The van der Waals surface area contributed by atoms with Gasteiger partial charge in [-0.25, -0.2) is 0 Å². The van der Waals surface area contributed by atoms with E-state index >= 15 is 0 Å². The first-order valence-corrected chi connectivity index (χ1v) is 8.63. The molecule has 5 heteroatoms. The molecule has 0 saturated heterocycles. The smallest absolute Gasteiger partial charge is 0.265 e. The number of ether oxygens (including phenoxy) is 1. The highest BCUT2D eigenvalue weighted by molar-refractivity contribution is 6.30. The third-order valence-corrected chi connectivity index (χ3v) is 3.93. The number of hydrogen-bond donors (Lipinski definition) is 2. The SMILES string of the molecule is C[C@H](Oc1cccc(Cl)c1)C(=O)Nc1ccc(Nc2ccccc2)cc1. The van der Waals surface area contributed by atoms with Gasteiger partial charge in [0.15, 0.2) is 6.10 Å². The molecule has 0 aliphatic carbocycles. The zero-order chi connectivity index (χ0) is 18.4. The zero-order valence-electron chi connectivity index (χ0n) is 14.3. The largest absolute Gasteiger partial charge is 0.481 e. The molecule has 2 N–H and O–H groups in total. The third-order valence-electron chi connectivity index (χ3n) is 3.69. The summed E-state index contributed by atoms with van der Waals surface area (Å²) in [6.07, 6.45) is -0.643. The molecule has 0 heterocycles. The number of halogens is 1. The molecule has 0 fully saturated rings. The van der Waals surface area contributed by atoms with Gasteiger partial charge in [-0.1, -0.05) is 35.9 Å². The van der Waals surface area contributed by atoms with Crippen molar-refractivity contribution in [2.24, 2.45) is 0 Å². The minimum Gasteiger partial charge on any atom is -0.481 e. The molecule has 0 unspecified atom stereocenters. The monoisotopic (exact) mass is 366 g/mol. The van der Waals surface area contributed by atoms with E-state index in [4.69, 9.17) is 16.3 Å². The number of carbonyl (C=O) groups is 1. The molecule has 0 aliphatic rings. The van der Waals surface area contributed by atoms with Crippen LogP contribution in [0.25, 0.3) is 0 Å². The molecule has 132 valence electrons. The van der Waals surface area contributed by atoms with Gasteiger partial charge in [0.05, 0.1) is 0 Å². The van der Waals surface area contributed by atoms with Crippen LogP contribution >= 0.6 is 11.6 Å². The molecular formula is C21H19ClN2O2. The second-order valence-electron chi connectivity index (χ2n) is 5.78.